The van der Waals surface area contributed by atoms with Crippen LogP contribution in [0.25, 0.3) is 10.8 Å². The van der Waals surface area contributed by atoms with Crippen molar-refractivity contribution in [2.24, 2.45) is 0 Å². The summed E-state index contributed by atoms with van der Waals surface area (Å²) in [5, 5.41) is -0.345. The molecule has 5 aromatic carbocycles. The van der Waals surface area contributed by atoms with Crippen LogP contribution >= 0.6 is 0 Å². The number of carbonyl (C=O) groups excluding carboxylic acids is 1. The van der Waals surface area contributed by atoms with Crippen molar-refractivity contribution in [2.45, 2.75) is 21.6 Å². The van der Waals surface area contributed by atoms with Crippen LogP contribution in [0, 0.1) is 0 Å². The molecule has 0 saturated heterocycles. The van der Waals surface area contributed by atoms with Crippen LogP contribution in [0.15, 0.2) is 130 Å². The zero-order valence-electron chi connectivity index (χ0n) is 23.0. The standard InChI is InChI=1S/C30H25N3O8S3/c1-21(34)41-28-19-26(42(35,36)31-23-11-5-2-6-12-23)17-22-18-27(43(37,38)32-24-13-7-3-8-14-24)20-29(30(22)28)44(39,40)33-25-15-9-4-10-16-25/h2-20,31-33H,1H3. The van der Waals surface area contributed by atoms with Gasteiger partial charge in [-0.25, -0.2) is 25.3 Å². The summed E-state index contributed by atoms with van der Waals surface area (Å²) in [4.78, 5) is 10.7. The van der Waals surface area contributed by atoms with Crippen LogP contribution in [-0.4, -0.2) is 31.2 Å². The maximum Gasteiger partial charge on any atom is 0.308 e. The minimum atomic E-state index is -4.55. The van der Waals surface area contributed by atoms with Crippen LogP contribution in [0.4, 0.5) is 17.1 Å². The summed E-state index contributed by atoms with van der Waals surface area (Å²) in [6.45, 7) is 1.06. The van der Waals surface area contributed by atoms with Crippen molar-refractivity contribution in [3.8, 4) is 5.75 Å². The number of esters is 1. The second kappa shape index (κ2) is 12.0. The summed E-state index contributed by atoms with van der Waals surface area (Å²) < 4.78 is 94.0. The molecule has 44 heavy (non-hydrogen) atoms. The van der Waals surface area contributed by atoms with Crippen LogP contribution in [0.5, 0.6) is 5.75 Å². The molecular weight excluding hydrogens is 627 g/mol. The molecule has 0 saturated carbocycles. The van der Waals surface area contributed by atoms with Crippen LogP contribution < -0.4 is 18.9 Å². The molecule has 0 spiro atoms. The highest BCUT2D eigenvalue weighted by atomic mass is 32.2. The van der Waals surface area contributed by atoms with E-state index in [2.05, 4.69) is 14.2 Å². The van der Waals surface area contributed by atoms with E-state index < -0.39 is 56.5 Å². The molecule has 0 aliphatic rings. The minimum absolute atomic E-state index is 0.137. The molecule has 226 valence electrons. The quantitative estimate of drug-likeness (QED) is 0.138. The van der Waals surface area contributed by atoms with E-state index in [4.69, 9.17) is 4.74 Å². The highest BCUT2D eigenvalue weighted by Crippen LogP contribution is 2.38. The van der Waals surface area contributed by atoms with Gasteiger partial charge in [-0.1, -0.05) is 54.6 Å². The molecule has 0 fully saturated rings. The Bertz CT molecular complexity index is 2170. The maximum absolute atomic E-state index is 13.8. The first-order valence-corrected chi connectivity index (χ1v) is 17.3. The molecule has 3 N–H and O–H groups in total. The number of sulfonamides is 3. The Balaban J connectivity index is 1.77. The van der Waals surface area contributed by atoms with Gasteiger partial charge in [-0.3, -0.25) is 19.0 Å². The molecule has 0 aliphatic carbocycles. The van der Waals surface area contributed by atoms with Crippen LogP contribution in [-0.2, 0) is 34.9 Å². The Morgan fingerprint density at radius 1 is 0.545 bits per heavy atom. The number of para-hydroxylation sites is 3. The second-order valence-corrected chi connectivity index (χ2v) is 14.5. The van der Waals surface area contributed by atoms with Crippen molar-refractivity contribution in [3.05, 3.63) is 115 Å². The lowest BCUT2D eigenvalue weighted by Crippen LogP contribution is -2.18. The van der Waals surface area contributed by atoms with Gasteiger partial charge in [0.2, 0.25) is 0 Å². The molecule has 0 heterocycles. The summed E-state index contributed by atoms with van der Waals surface area (Å²) >= 11 is 0. The van der Waals surface area contributed by atoms with Crippen LogP contribution in [0.3, 0.4) is 0 Å². The van der Waals surface area contributed by atoms with Gasteiger partial charge in [-0.2, -0.15) is 0 Å². The zero-order chi connectivity index (χ0) is 31.5. The van der Waals surface area contributed by atoms with E-state index in [-0.39, 0.29) is 27.8 Å². The van der Waals surface area contributed by atoms with Gasteiger partial charge in [0, 0.05) is 35.4 Å². The predicted octanol–water partition coefficient (Wildman–Crippen LogP) is 5.17. The predicted molar refractivity (Wildman–Crippen MR) is 167 cm³/mol. The number of carbonyl (C=O) groups is 1. The smallest absolute Gasteiger partial charge is 0.308 e. The van der Waals surface area contributed by atoms with Crippen molar-refractivity contribution in [1.29, 1.82) is 0 Å². The molecular formula is C30H25N3O8S3. The Labute approximate surface area is 254 Å². The van der Waals surface area contributed by atoms with Gasteiger partial charge < -0.3 is 4.74 Å². The van der Waals surface area contributed by atoms with E-state index in [9.17, 15) is 30.0 Å². The lowest BCUT2D eigenvalue weighted by Gasteiger charge is -2.17. The monoisotopic (exact) mass is 651 g/mol. The summed E-state index contributed by atoms with van der Waals surface area (Å²) in [5.74, 6) is -1.27. The number of nitrogens with one attached hydrogen (secondary N) is 3. The summed E-state index contributed by atoms with van der Waals surface area (Å²) in [7, 11) is -13.3. The highest BCUT2D eigenvalue weighted by molar-refractivity contribution is 7.94. The van der Waals surface area contributed by atoms with Crippen LogP contribution in [0.2, 0.25) is 0 Å². The third-order valence-corrected chi connectivity index (χ3v) is 10.3. The van der Waals surface area contributed by atoms with Gasteiger partial charge in [0.25, 0.3) is 30.1 Å². The molecule has 0 radical (unpaired) electrons. The topological polar surface area (TPSA) is 165 Å². The van der Waals surface area contributed by atoms with Crippen molar-refractivity contribution in [3.63, 3.8) is 0 Å². The van der Waals surface area contributed by atoms with Crippen molar-refractivity contribution in [1.82, 2.24) is 0 Å². The third kappa shape index (κ3) is 6.83. The largest absolute Gasteiger partial charge is 0.426 e. The van der Waals surface area contributed by atoms with Crippen LogP contribution in [0.1, 0.15) is 6.92 Å². The molecule has 0 amide bonds. The van der Waals surface area contributed by atoms with Gasteiger partial charge >= 0.3 is 5.97 Å². The van der Waals surface area contributed by atoms with E-state index in [1.165, 1.54) is 36.4 Å². The molecule has 5 aromatic rings. The van der Waals surface area contributed by atoms with Gasteiger partial charge in [-0.15, -0.1) is 0 Å². The first-order valence-electron chi connectivity index (χ1n) is 12.9. The average Bonchev–Trinajstić information content (AvgIpc) is 2.97. The van der Waals surface area contributed by atoms with Crippen molar-refractivity contribution in [2.75, 3.05) is 14.2 Å². The van der Waals surface area contributed by atoms with Crippen molar-refractivity contribution < 1.29 is 34.8 Å². The first-order chi connectivity index (χ1) is 20.8. The molecule has 5 rings (SSSR count). The molecule has 0 bridgehead atoms. The highest BCUT2D eigenvalue weighted by Gasteiger charge is 2.28. The number of fused-ring (bicyclic) bond motifs is 1. The fourth-order valence-corrected chi connectivity index (χ4v) is 7.93. The molecule has 0 aromatic heterocycles. The van der Waals surface area contributed by atoms with Gasteiger partial charge in [-0.05, 0) is 60.0 Å². The SMILES string of the molecule is CC(=O)Oc1cc(S(=O)(=O)Nc2ccccc2)cc2cc(S(=O)(=O)Nc3ccccc3)cc(S(=O)(=O)Nc3ccccc3)c12. The number of ether oxygens (including phenoxy) is 1. The molecule has 0 aliphatic heterocycles. The number of anilines is 3. The summed E-state index contributed by atoms with van der Waals surface area (Å²) in [5.41, 5.74) is 0.625. The molecule has 11 nitrogen and oxygen atoms in total. The number of benzene rings is 5. The average molecular weight is 652 g/mol. The number of hydrogen-bond acceptors (Lipinski definition) is 8. The first kappa shape index (κ1) is 30.5. The lowest BCUT2D eigenvalue weighted by atomic mass is 10.1. The van der Waals surface area contributed by atoms with E-state index in [1.54, 1.807) is 54.6 Å². The van der Waals surface area contributed by atoms with Gasteiger partial charge in [0.05, 0.1) is 9.79 Å². The Kier molecular flexibility index (Phi) is 8.32. The van der Waals surface area contributed by atoms with Gasteiger partial charge in [0.1, 0.15) is 10.6 Å². The molecule has 0 atom stereocenters. The fourth-order valence-electron chi connectivity index (χ4n) is 4.30. The zero-order valence-corrected chi connectivity index (χ0v) is 25.4. The minimum Gasteiger partial charge on any atom is -0.426 e. The summed E-state index contributed by atoms with van der Waals surface area (Å²) in [6.07, 6.45) is 0. The number of hydrogen-bond donors (Lipinski definition) is 3. The number of rotatable bonds is 10. The van der Waals surface area contributed by atoms with E-state index >= 15 is 0 Å². The van der Waals surface area contributed by atoms with Crippen molar-refractivity contribution >= 4 is 63.9 Å². The van der Waals surface area contributed by atoms with E-state index in [0.717, 1.165) is 31.2 Å². The third-order valence-electron chi connectivity index (χ3n) is 6.17. The van der Waals surface area contributed by atoms with E-state index in [0.29, 0.717) is 0 Å². The maximum atomic E-state index is 13.8. The lowest BCUT2D eigenvalue weighted by molar-refractivity contribution is -0.131. The Hall–Kier alpha value is -4.92. The Morgan fingerprint density at radius 3 is 1.34 bits per heavy atom. The van der Waals surface area contributed by atoms with E-state index in [1.807, 2.05) is 0 Å². The normalized spacial score (nSPS) is 11.9. The second-order valence-electron chi connectivity index (χ2n) is 9.45. The summed E-state index contributed by atoms with van der Waals surface area (Å²) in [6, 6.07) is 27.9. The van der Waals surface area contributed by atoms with Gasteiger partial charge in [0.15, 0.2) is 0 Å². The molecule has 0 unspecified atom stereocenters. The fraction of sp³-hybridized carbons (Fsp3) is 0.0333. The Morgan fingerprint density at radius 2 is 0.932 bits per heavy atom. The molecule has 14 heteroatoms.